The molecule has 5 nitrogen and oxygen atoms in total. The third-order valence-electron chi connectivity index (χ3n) is 4.37. The third kappa shape index (κ3) is 6.26. The number of likely N-dealkylation sites (tertiary alicyclic amines) is 1. The average Bonchev–Trinajstić information content (AvgIpc) is 3.09. The van der Waals surface area contributed by atoms with E-state index >= 15 is 0 Å². The summed E-state index contributed by atoms with van der Waals surface area (Å²) < 4.78 is 13.9. The highest BCUT2D eigenvalue weighted by molar-refractivity contribution is 8.01. The first-order valence-corrected chi connectivity index (χ1v) is 11.0. The molecule has 1 aromatic carbocycles. The monoisotopic (exact) mass is 408 g/mol. The van der Waals surface area contributed by atoms with E-state index < -0.39 is 0 Å². The van der Waals surface area contributed by atoms with Crippen LogP contribution in [0, 0.1) is 17.7 Å². The van der Waals surface area contributed by atoms with Crippen LogP contribution in [0.2, 0.25) is 0 Å². The van der Waals surface area contributed by atoms with Crippen molar-refractivity contribution < 1.29 is 9.18 Å². The molecule has 1 fully saturated rings. The number of benzene rings is 1. The number of halogens is 1. The van der Waals surface area contributed by atoms with Crippen molar-refractivity contribution in [1.29, 1.82) is 0 Å². The first kappa shape index (κ1) is 20.2. The maximum atomic E-state index is 13.1. The number of carbonyl (C=O) groups excluding carboxylic acids is 1. The molecule has 1 saturated heterocycles. The molecular formula is C19H25FN4OS2. The lowest BCUT2D eigenvalue weighted by molar-refractivity contribution is -0.121. The molecule has 146 valence electrons. The van der Waals surface area contributed by atoms with Crippen molar-refractivity contribution >= 4 is 34.1 Å². The van der Waals surface area contributed by atoms with Crippen LogP contribution in [0.4, 0.5) is 9.52 Å². The minimum Gasteiger partial charge on any atom is -0.300 e. The number of rotatable bonds is 7. The number of nitrogens with one attached hydrogen (secondary N) is 1. The first-order valence-electron chi connectivity index (χ1n) is 9.23. The van der Waals surface area contributed by atoms with Gasteiger partial charge in [0, 0.05) is 18.8 Å². The standard InChI is InChI=1S/C19H25FN4OS2/c1-13(2)12-26-19-23-22-18(27-19)21-17(25)15-4-3-9-24(11-15)10-14-5-7-16(20)8-6-14/h5-8,13,15H,3-4,9-12H2,1-2H3,(H,21,22,25)/t15-/m1/s1. The minimum absolute atomic E-state index is 0.00960. The maximum absolute atomic E-state index is 13.1. The average molecular weight is 409 g/mol. The fourth-order valence-corrected chi connectivity index (χ4v) is 4.76. The molecule has 1 atom stereocenters. The summed E-state index contributed by atoms with van der Waals surface area (Å²) in [6.07, 6.45) is 1.85. The van der Waals surface area contributed by atoms with Gasteiger partial charge >= 0.3 is 0 Å². The van der Waals surface area contributed by atoms with Crippen LogP contribution in [-0.4, -0.2) is 39.8 Å². The van der Waals surface area contributed by atoms with Gasteiger partial charge in [0.2, 0.25) is 11.0 Å². The number of amides is 1. The Hall–Kier alpha value is -1.51. The molecule has 27 heavy (non-hydrogen) atoms. The normalized spacial score (nSPS) is 18.0. The Morgan fingerprint density at radius 1 is 1.37 bits per heavy atom. The predicted octanol–water partition coefficient (Wildman–Crippen LogP) is 4.28. The first-order chi connectivity index (χ1) is 13.0. The summed E-state index contributed by atoms with van der Waals surface area (Å²) >= 11 is 3.10. The highest BCUT2D eigenvalue weighted by atomic mass is 32.2. The fourth-order valence-electron chi connectivity index (χ4n) is 3.03. The number of anilines is 1. The smallest absolute Gasteiger partial charge is 0.230 e. The van der Waals surface area contributed by atoms with E-state index in [4.69, 9.17) is 0 Å². The van der Waals surface area contributed by atoms with Crippen molar-refractivity contribution in [3.05, 3.63) is 35.6 Å². The molecule has 2 heterocycles. The van der Waals surface area contributed by atoms with E-state index in [9.17, 15) is 9.18 Å². The zero-order valence-electron chi connectivity index (χ0n) is 15.7. The van der Waals surface area contributed by atoms with Crippen LogP contribution in [-0.2, 0) is 11.3 Å². The summed E-state index contributed by atoms with van der Waals surface area (Å²) in [6, 6.07) is 6.56. The molecule has 1 N–H and O–H groups in total. The minimum atomic E-state index is -0.224. The predicted molar refractivity (Wildman–Crippen MR) is 109 cm³/mol. The largest absolute Gasteiger partial charge is 0.300 e. The summed E-state index contributed by atoms with van der Waals surface area (Å²) in [7, 11) is 0. The van der Waals surface area contributed by atoms with Crippen LogP contribution in [0.1, 0.15) is 32.3 Å². The zero-order chi connectivity index (χ0) is 19.2. The molecule has 0 unspecified atom stereocenters. The van der Waals surface area contributed by atoms with E-state index in [1.54, 1.807) is 23.9 Å². The SMILES string of the molecule is CC(C)CSc1nnc(NC(=O)[C@@H]2CCCN(Cc3ccc(F)cc3)C2)s1. The van der Waals surface area contributed by atoms with Gasteiger partial charge in [-0.15, -0.1) is 10.2 Å². The molecule has 0 radical (unpaired) electrons. The summed E-state index contributed by atoms with van der Waals surface area (Å²) in [4.78, 5) is 14.9. The van der Waals surface area contributed by atoms with Crippen molar-refractivity contribution in [3.8, 4) is 0 Å². The van der Waals surface area contributed by atoms with Gasteiger partial charge < -0.3 is 5.32 Å². The number of thioether (sulfide) groups is 1. The molecule has 8 heteroatoms. The summed E-state index contributed by atoms with van der Waals surface area (Å²) in [5.41, 5.74) is 1.06. The quantitative estimate of drug-likeness (QED) is 0.547. The summed E-state index contributed by atoms with van der Waals surface area (Å²) in [5, 5.41) is 11.7. The van der Waals surface area contributed by atoms with Crippen molar-refractivity contribution in [2.24, 2.45) is 11.8 Å². The molecule has 1 aliphatic heterocycles. The highest BCUT2D eigenvalue weighted by Crippen LogP contribution is 2.28. The van der Waals surface area contributed by atoms with Gasteiger partial charge in [-0.25, -0.2) is 4.39 Å². The molecule has 3 rings (SSSR count). The van der Waals surface area contributed by atoms with Crippen molar-refractivity contribution in [1.82, 2.24) is 15.1 Å². The Kier molecular flexibility index (Phi) is 7.20. The lowest BCUT2D eigenvalue weighted by Crippen LogP contribution is -2.40. The fraction of sp³-hybridized carbons (Fsp3) is 0.526. The molecule has 0 aliphatic carbocycles. The zero-order valence-corrected chi connectivity index (χ0v) is 17.3. The number of hydrogen-bond acceptors (Lipinski definition) is 6. The van der Waals surface area contributed by atoms with E-state index in [1.807, 2.05) is 0 Å². The molecule has 1 aliphatic rings. The van der Waals surface area contributed by atoms with Gasteiger partial charge in [-0.2, -0.15) is 0 Å². The van der Waals surface area contributed by atoms with E-state index in [2.05, 4.69) is 34.3 Å². The molecule has 2 aromatic rings. The Bertz CT molecular complexity index is 750. The second kappa shape index (κ2) is 9.61. The summed E-state index contributed by atoms with van der Waals surface area (Å²) in [6.45, 7) is 6.72. The third-order valence-corrected chi connectivity index (χ3v) is 6.77. The second-order valence-electron chi connectivity index (χ2n) is 7.27. The lowest BCUT2D eigenvalue weighted by Gasteiger charge is -2.31. The Balaban J connectivity index is 1.51. The topological polar surface area (TPSA) is 58.1 Å². The van der Waals surface area contributed by atoms with Crippen LogP contribution in [0.25, 0.3) is 0 Å². The lowest BCUT2D eigenvalue weighted by atomic mass is 9.97. The van der Waals surface area contributed by atoms with E-state index in [1.165, 1.54) is 23.5 Å². The van der Waals surface area contributed by atoms with Gasteiger partial charge in [-0.1, -0.05) is 49.1 Å². The van der Waals surface area contributed by atoms with Gasteiger partial charge in [0.15, 0.2) is 4.34 Å². The Morgan fingerprint density at radius 3 is 2.89 bits per heavy atom. The van der Waals surface area contributed by atoms with E-state index in [0.29, 0.717) is 17.6 Å². The maximum Gasteiger partial charge on any atom is 0.230 e. The number of carbonyl (C=O) groups is 1. The molecular weight excluding hydrogens is 383 g/mol. The number of aromatic nitrogens is 2. The van der Waals surface area contributed by atoms with Gasteiger partial charge in [0.05, 0.1) is 5.92 Å². The van der Waals surface area contributed by atoms with Crippen molar-refractivity contribution in [3.63, 3.8) is 0 Å². The molecule has 0 bridgehead atoms. The van der Waals surface area contributed by atoms with Crippen molar-refractivity contribution in [2.45, 2.75) is 37.6 Å². The van der Waals surface area contributed by atoms with Crippen LogP contribution >= 0.6 is 23.1 Å². The van der Waals surface area contributed by atoms with Crippen LogP contribution in [0.5, 0.6) is 0 Å². The van der Waals surface area contributed by atoms with E-state index in [-0.39, 0.29) is 17.6 Å². The second-order valence-corrected chi connectivity index (χ2v) is 9.51. The summed E-state index contributed by atoms with van der Waals surface area (Å²) in [5.74, 6) is 1.30. The molecule has 0 saturated carbocycles. The Morgan fingerprint density at radius 2 is 2.15 bits per heavy atom. The number of nitrogens with zero attached hydrogens (tertiary/aromatic N) is 3. The number of hydrogen-bond donors (Lipinski definition) is 1. The van der Waals surface area contributed by atoms with Crippen LogP contribution in [0.3, 0.4) is 0 Å². The number of piperidine rings is 1. The van der Waals surface area contributed by atoms with Crippen LogP contribution < -0.4 is 5.32 Å². The highest BCUT2D eigenvalue weighted by Gasteiger charge is 2.26. The molecule has 1 aromatic heterocycles. The van der Waals surface area contributed by atoms with Crippen molar-refractivity contribution in [2.75, 3.05) is 24.2 Å². The Labute approximate surface area is 167 Å². The van der Waals surface area contributed by atoms with Gasteiger partial charge in [-0.05, 0) is 43.0 Å². The molecule has 1 amide bonds. The van der Waals surface area contributed by atoms with Gasteiger partial charge in [-0.3, -0.25) is 9.69 Å². The molecule has 0 spiro atoms. The van der Waals surface area contributed by atoms with Gasteiger partial charge in [0.1, 0.15) is 5.82 Å². The van der Waals surface area contributed by atoms with Crippen LogP contribution in [0.15, 0.2) is 28.6 Å². The van der Waals surface area contributed by atoms with Gasteiger partial charge in [0.25, 0.3) is 0 Å². The van der Waals surface area contributed by atoms with E-state index in [0.717, 1.165) is 41.6 Å².